The van der Waals surface area contributed by atoms with E-state index in [1.807, 2.05) is 4.90 Å². The minimum absolute atomic E-state index is 0.275. The average Bonchev–Trinajstić information content (AvgIpc) is 3.10. The van der Waals surface area contributed by atoms with Gasteiger partial charge in [0.05, 0.1) is 0 Å². The maximum atomic E-state index is 11.7. The molecule has 124 valence electrons. The molecule has 0 aromatic heterocycles. The van der Waals surface area contributed by atoms with Gasteiger partial charge >= 0.3 is 0 Å². The lowest BCUT2D eigenvalue weighted by molar-refractivity contribution is -0.128. The summed E-state index contributed by atoms with van der Waals surface area (Å²) in [5.41, 5.74) is 2.40. The van der Waals surface area contributed by atoms with Crippen LogP contribution in [0.4, 0.5) is 0 Å². The molecule has 1 heterocycles. The minimum Gasteiger partial charge on any atom is -0.353 e. The maximum Gasteiger partial charge on any atom is 0.222 e. The van der Waals surface area contributed by atoms with Crippen LogP contribution in [-0.2, 0) is 17.9 Å². The standard InChI is InChI=1S/C18H26N4O/c1-13-9-16(13)21-18(19-2)20-11-14-5-3-6-15(10-14)12-22-8-4-7-17(22)23/h3,5-6,10,13,16H,4,7-9,11-12H2,1-2H3,(H2,19,20,21). The Labute approximate surface area is 138 Å². The zero-order chi connectivity index (χ0) is 16.2. The van der Waals surface area contributed by atoms with Crippen LogP contribution in [0.3, 0.4) is 0 Å². The van der Waals surface area contributed by atoms with Gasteiger partial charge in [-0.2, -0.15) is 0 Å². The first-order valence-electron chi connectivity index (χ1n) is 8.48. The normalized spacial score (nSPS) is 24.0. The summed E-state index contributed by atoms with van der Waals surface area (Å²) in [6.07, 6.45) is 2.91. The van der Waals surface area contributed by atoms with Gasteiger partial charge in [-0.05, 0) is 29.9 Å². The lowest BCUT2D eigenvalue weighted by Crippen LogP contribution is -2.38. The molecule has 5 nitrogen and oxygen atoms in total. The van der Waals surface area contributed by atoms with Crippen molar-refractivity contribution in [2.45, 2.75) is 45.3 Å². The van der Waals surface area contributed by atoms with E-state index in [1.165, 1.54) is 17.5 Å². The number of benzene rings is 1. The minimum atomic E-state index is 0.275. The average molecular weight is 314 g/mol. The molecule has 2 aliphatic rings. The SMILES string of the molecule is CN=C(NCc1cccc(CN2CCCC2=O)c1)NC1CC1C. The number of hydrogen-bond acceptors (Lipinski definition) is 2. The highest BCUT2D eigenvalue weighted by Crippen LogP contribution is 2.28. The summed E-state index contributed by atoms with van der Waals surface area (Å²) >= 11 is 0. The predicted molar refractivity (Wildman–Crippen MR) is 92.0 cm³/mol. The van der Waals surface area contributed by atoms with E-state index in [1.54, 1.807) is 7.05 Å². The van der Waals surface area contributed by atoms with Crippen molar-refractivity contribution in [2.75, 3.05) is 13.6 Å². The number of aliphatic imine (C=N–C) groups is 1. The second-order valence-electron chi connectivity index (χ2n) is 6.63. The number of nitrogens with one attached hydrogen (secondary N) is 2. The van der Waals surface area contributed by atoms with E-state index in [0.717, 1.165) is 37.9 Å². The molecule has 1 aliphatic carbocycles. The number of carbonyl (C=O) groups is 1. The van der Waals surface area contributed by atoms with Crippen molar-refractivity contribution in [3.05, 3.63) is 35.4 Å². The van der Waals surface area contributed by atoms with Gasteiger partial charge in [0.2, 0.25) is 5.91 Å². The maximum absolute atomic E-state index is 11.7. The number of carbonyl (C=O) groups excluding carboxylic acids is 1. The Morgan fingerprint density at radius 3 is 2.83 bits per heavy atom. The van der Waals surface area contributed by atoms with Crippen LogP contribution in [0.1, 0.15) is 37.3 Å². The van der Waals surface area contributed by atoms with Crippen LogP contribution in [0, 0.1) is 5.92 Å². The van der Waals surface area contributed by atoms with Crippen molar-refractivity contribution in [1.82, 2.24) is 15.5 Å². The number of amides is 1. The number of hydrogen-bond donors (Lipinski definition) is 2. The first-order chi connectivity index (χ1) is 11.2. The molecule has 2 unspecified atom stereocenters. The third-order valence-corrected chi connectivity index (χ3v) is 4.65. The number of guanidine groups is 1. The lowest BCUT2D eigenvalue weighted by Gasteiger charge is -2.16. The molecule has 2 N–H and O–H groups in total. The molecule has 1 saturated heterocycles. The van der Waals surface area contributed by atoms with Crippen molar-refractivity contribution in [3.63, 3.8) is 0 Å². The van der Waals surface area contributed by atoms with Gasteiger partial charge in [0, 0.05) is 39.1 Å². The monoisotopic (exact) mass is 314 g/mol. The Morgan fingerprint density at radius 2 is 2.17 bits per heavy atom. The molecule has 1 amide bonds. The zero-order valence-electron chi connectivity index (χ0n) is 14.0. The molecule has 0 spiro atoms. The number of rotatable bonds is 5. The molecule has 0 bridgehead atoms. The smallest absolute Gasteiger partial charge is 0.222 e. The van der Waals surface area contributed by atoms with Crippen molar-refractivity contribution in [2.24, 2.45) is 10.9 Å². The highest BCUT2D eigenvalue weighted by Gasteiger charge is 2.33. The molecule has 0 radical (unpaired) electrons. The quantitative estimate of drug-likeness (QED) is 0.644. The van der Waals surface area contributed by atoms with Gasteiger partial charge in [0.1, 0.15) is 0 Å². The van der Waals surface area contributed by atoms with Crippen LogP contribution in [0.15, 0.2) is 29.3 Å². The first kappa shape index (κ1) is 15.8. The van der Waals surface area contributed by atoms with Gasteiger partial charge in [0.25, 0.3) is 0 Å². The van der Waals surface area contributed by atoms with E-state index in [4.69, 9.17) is 0 Å². The third-order valence-electron chi connectivity index (χ3n) is 4.65. The zero-order valence-corrected chi connectivity index (χ0v) is 14.0. The van der Waals surface area contributed by atoms with Crippen LogP contribution in [0.2, 0.25) is 0 Å². The molecular formula is C18H26N4O. The summed E-state index contributed by atoms with van der Waals surface area (Å²) in [5, 5.41) is 6.79. The Kier molecular flexibility index (Phi) is 4.84. The summed E-state index contributed by atoms with van der Waals surface area (Å²) in [7, 11) is 1.80. The first-order valence-corrected chi connectivity index (χ1v) is 8.48. The molecule has 5 heteroatoms. The van der Waals surface area contributed by atoms with Gasteiger partial charge in [0.15, 0.2) is 5.96 Å². The molecule has 1 aliphatic heterocycles. The molecule has 2 fully saturated rings. The second kappa shape index (κ2) is 7.02. The molecule has 1 aromatic rings. The highest BCUT2D eigenvalue weighted by molar-refractivity contribution is 5.80. The van der Waals surface area contributed by atoms with Crippen molar-refractivity contribution < 1.29 is 4.79 Å². The number of nitrogens with zero attached hydrogens (tertiary/aromatic N) is 2. The summed E-state index contributed by atoms with van der Waals surface area (Å²) in [6, 6.07) is 9.00. The largest absolute Gasteiger partial charge is 0.353 e. The van der Waals surface area contributed by atoms with Gasteiger partial charge in [-0.1, -0.05) is 31.2 Å². The van der Waals surface area contributed by atoms with Crippen LogP contribution in [-0.4, -0.2) is 36.4 Å². The fourth-order valence-corrected chi connectivity index (χ4v) is 3.01. The Balaban J connectivity index is 1.53. The van der Waals surface area contributed by atoms with Crippen LogP contribution < -0.4 is 10.6 Å². The van der Waals surface area contributed by atoms with Crippen molar-refractivity contribution in [3.8, 4) is 0 Å². The summed E-state index contributed by atoms with van der Waals surface area (Å²) < 4.78 is 0. The second-order valence-corrected chi connectivity index (χ2v) is 6.63. The Morgan fingerprint density at radius 1 is 1.39 bits per heavy atom. The molecule has 1 aromatic carbocycles. The number of likely N-dealkylation sites (tertiary alicyclic amines) is 1. The molecule has 3 rings (SSSR count). The van der Waals surface area contributed by atoms with E-state index in [2.05, 4.69) is 46.8 Å². The fourth-order valence-electron chi connectivity index (χ4n) is 3.01. The van der Waals surface area contributed by atoms with Crippen molar-refractivity contribution in [1.29, 1.82) is 0 Å². The van der Waals surface area contributed by atoms with E-state index >= 15 is 0 Å². The van der Waals surface area contributed by atoms with E-state index in [9.17, 15) is 4.79 Å². The van der Waals surface area contributed by atoms with E-state index in [0.29, 0.717) is 12.5 Å². The third kappa shape index (κ3) is 4.24. The highest BCUT2D eigenvalue weighted by atomic mass is 16.2. The van der Waals surface area contributed by atoms with E-state index in [-0.39, 0.29) is 5.91 Å². The fraction of sp³-hybridized carbons (Fsp3) is 0.556. The van der Waals surface area contributed by atoms with Gasteiger partial charge in [-0.25, -0.2) is 0 Å². The summed E-state index contributed by atoms with van der Waals surface area (Å²) in [6.45, 7) is 4.59. The van der Waals surface area contributed by atoms with Crippen LogP contribution in [0.25, 0.3) is 0 Å². The van der Waals surface area contributed by atoms with Crippen LogP contribution in [0.5, 0.6) is 0 Å². The lowest BCUT2D eigenvalue weighted by atomic mass is 10.1. The van der Waals surface area contributed by atoms with Gasteiger partial charge < -0.3 is 15.5 Å². The van der Waals surface area contributed by atoms with Crippen molar-refractivity contribution >= 4 is 11.9 Å². The molecule has 23 heavy (non-hydrogen) atoms. The summed E-state index contributed by atoms with van der Waals surface area (Å²) in [5.74, 6) is 1.88. The van der Waals surface area contributed by atoms with Gasteiger partial charge in [-0.15, -0.1) is 0 Å². The topological polar surface area (TPSA) is 56.7 Å². The van der Waals surface area contributed by atoms with Crippen LogP contribution >= 0.6 is 0 Å². The molecule has 1 saturated carbocycles. The molecular weight excluding hydrogens is 288 g/mol. The summed E-state index contributed by atoms with van der Waals surface area (Å²) in [4.78, 5) is 18.0. The predicted octanol–water partition coefficient (Wildman–Crippen LogP) is 1.88. The van der Waals surface area contributed by atoms with E-state index < -0.39 is 0 Å². The Hall–Kier alpha value is -2.04. The van der Waals surface area contributed by atoms with Gasteiger partial charge in [-0.3, -0.25) is 9.79 Å². The molecule has 2 atom stereocenters. The Bertz CT molecular complexity index is 598.